The molecule has 0 heterocycles. The molecule has 77 heavy (non-hydrogen) atoms. The predicted octanol–water partition coefficient (Wildman–Crippen LogP) is 23.1. The van der Waals surface area contributed by atoms with Gasteiger partial charge in [-0.1, -0.05) is 306 Å². The van der Waals surface area contributed by atoms with Gasteiger partial charge in [0.2, 0.25) is 0 Å². The Kier molecular flexibility index (Phi) is 63.2. The number of ether oxygens (including phenoxy) is 3. The quantitative estimate of drug-likeness (QED) is 0.0261. The van der Waals surface area contributed by atoms with Crippen molar-refractivity contribution in [3.8, 4) is 0 Å². The molecule has 0 spiro atoms. The largest absolute Gasteiger partial charge is 0.462 e. The Balaban J connectivity index is 4.38. The van der Waals surface area contributed by atoms with Gasteiger partial charge in [0.15, 0.2) is 6.10 Å². The van der Waals surface area contributed by atoms with Crippen LogP contribution in [0.25, 0.3) is 0 Å². The molecule has 0 saturated heterocycles. The zero-order chi connectivity index (χ0) is 55.7. The van der Waals surface area contributed by atoms with E-state index in [-0.39, 0.29) is 31.1 Å². The average molecular weight is 1080 g/mol. The average Bonchev–Trinajstić information content (AvgIpc) is 3.43. The highest BCUT2D eigenvalue weighted by Gasteiger charge is 2.19. The SMILES string of the molecule is CCCCCCC/C=C\C/C=C\C/C=C\CCCCCCCCC(=O)OCC(COC(=O)CCCCCCCCCCCCCCCCCCC)OC(=O)CCCCCCCCCCC/C=C\C/C=C\CCCCCCC. The fraction of sp³-hybridized carbons (Fsp3) is 0.817. The lowest BCUT2D eigenvalue weighted by atomic mass is 10.0. The summed E-state index contributed by atoms with van der Waals surface area (Å²) in [7, 11) is 0. The minimum atomic E-state index is -0.782. The molecule has 1 atom stereocenters. The Labute approximate surface area is 479 Å². The number of esters is 3. The number of carbonyl (C=O) groups is 3. The smallest absolute Gasteiger partial charge is 0.306 e. The zero-order valence-corrected chi connectivity index (χ0v) is 51.5. The Bertz CT molecular complexity index is 1380. The van der Waals surface area contributed by atoms with Gasteiger partial charge in [0, 0.05) is 19.3 Å². The summed E-state index contributed by atoms with van der Waals surface area (Å²) in [6.07, 6.45) is 83.7. The fourth-order valence-corrected chi connectivity index (χ4v) is 9.89. The molecule has 0 bridgehead atoms. The highest BCUT2D eigenvalue weighted by atomic mass is 16.6. The topological polar surface area (TPSA) is 78.9 Å². The molecule has 0 amide bonds. The number of unbranched alkanes of at least 4 members (excludes halogenated alkanes) is 41. The minimum Gasteiger partial charge on any atom is -0.462 e. The van der Waals surface area contributed by atoms with Gasteiger partial charge in [-0.05, 0) is 89.9 Å². The van der Waals surface area contributed by atoms with Gasteiger partial charge in [0.1, 0.15) is 13.2 Å². The summed E-state index contributed by atoms with van der Waals surface area (Å²) in [5.74, 6) is -0.872. The minimum absolute atomic E-state index is 0.0768. The van der Waals surface area contributed by atoms with E-state index in [1.165, 1.54) is 231 Å². The summed E-state index contributed by atoms with van der Waals surface area (Å²) >= 11 is 0. The van der Waals surface area contributed by atoms with Crippen molar-refractivity contribution >= 4 is 17.9 Å². The monoisotopic (exact) mass is 1080 g/mol. The molecule has 6 heteroatoms. The number of rotatable bonds is 62. The van der Waals surface area contributed by atoms with Crippen LogP contribution in [0.2, 0.25) is 0 Å². The van der Waals surface area contributed by atoms with E-state index in [4.69, 9.17) is 14.2 Å². The lowest BCUT2D eigenvalue weighted by Gasteiger charge is -2.18. The maximum atomic E-state index is 12.9. The van der Waals surface area contributed by atoms with Gasteiger partial charge in [-0.15, -0.1) is 0 Å². The van der Waals surface area contributed by atoms with Crippen LogP contribution in [-0.4, -0.2) is 37.2 Å². The van der Waals surface area contributed by atoms with Crippen LogP contribution in [0.5, 0.6) is 0 Å². The molecule has 0 saturated carbocycles. The van der Waals surface area contributed by atoms with E-state index in [1.807, 2.05) is 0 Å². The van der Waals surface area contributed by atoms with Gasteiger partial charge < -0.3 is 14.2 Å². The summed E-state index contributed by atoms with van der Waals surface area (Å²) in [6, 6.07) is 0. The molecule has 0 N–H and O–H groups in total. The van der Waals surface area contributed by atoms with Crippen molar-refractivity contribution in [1.29, 1.82) is 0 Å². The van der Waals surface area contributed by atoms with Crippen LogP contribution in [0.4, 0.5) is 0 Å². The van der Waals surface area contributed by atoms with Crippen molar-refractivity contribution < 1.29 is 28.6 Å². The Morgan fingerprint density at radius 1 is 0.260 bits per heavy atom. The van der Waals surface area contributed by atoms with Gasteiger partial charge in [-0.2, -0.15) is 0 Å². The van der Waals surface area contributed by atoms with Crippen LogP contribution < -0.4 is 0 Å². The standard InChI is InChI=1S/C71H128O6/c1-4-7-10-13-16-19-22-25-28-31-33-35-37-40-43-46-49-52-55-58-61-64-70(73)76-67-68(66-75-69(72)63-60-57-54-51-48-45-42-39-30-27-24-21-18-15-12-9-6-3)77-71(74)65-62-59-56-53-50-47-44-41-38-36-34-32-29-26-23-20-17-14-11-8-5-2/h22-23,25-26,31-34,37,40,68H,4-21,24,27-30,35-36,38-39,41-67H2,1-3H3/b25-22-,26-23-,33-31-,34-32-,40-37-. The van der Waals surface area contributed by atoms with Crippen LogP contribution >= 0.6 is 0 Å². The molecule has 0 radical (unpaired) electrons. The molecule has 448 valence electrons. The van der Waals surface area contributed by atoms with Crippen molar-refractivity contribution in [3.05, 3.63) is 60.8 Å². The van der Waals surface area contributed by atoms with Gasteiger partial charge in [-0.25, -0.2) is 0 Å². The van der Waals surface area contributed by atoms with Crippen LogP contribution in [0.1, 0.15) is 355 Å². The summed E-state index contributed by atoms with van der Waals surface area (Å²) in [4.78, 5) is 38.4. The summed E-state index contributed by atoms with van der Waals surface area (Å²) in [5, 5.41) is 0. The lowest BCUT2D eigenvalue weighted by Crippen LogP contribution is -2.30. The van der Waals surface area contributed by atoms with Crippen molar-refractivity contribution in [3.63, 3.8) is 0 Å². The van der Waals surface area contributed by atoms with Crippen molar-refractivity contribution in [2.75, 3.05) is 13.2 Å². The first-order valence-electron chi connectivity index (χ1n) is 33.8. The van der Waals surface area contributed by atoms with Gasteiger partial charge in [-0.3, -0.25) is 14.4 Å². The molecule has 0 aliphatic rings. The maximum Gasteiger partial charge on any atom is 0.306 e. The van der Waals surface area contributed by atoms with E-state index >= 15 is 0 Å². The molecule has 0 fully saturated rings. The molecular formula is C71H128O6. The second-order valence-corrected chi connectivity index (χ2v) is 22.7. The van der Waals surface area contributed by atoms with Crippen LogP contribution in [0.15, 0.2) is 60.8 Å². The third kappa shape index (κ3) is 63.8. The summed E-state index contributed by atoms with van der Waals surface area (Å²) in [6.45, 7) is 6.66. The van der Waals surface area contributed by atoms with Crippen molar-refractivity contribution in [1.82, 2.24) is 0 Å². The first-order chi connectivity index (χ1) is 38.0. The van der Waals surface area contributed by atoms with E-state index in [9.17, 15) is 14.4 Å². The number of carbonyl (C=O) groups excluding carboxylic acids is 3. The van der Waals surface area contributed by atoms with Crippen LogP contribution in [-0.2, 0) is 28.6 Å². The van der Waals surface area contributed by atoms with Gasteiger partial charge >= 0.3 is 17.9 Å². The number of hydrogen-bond donors (Lipinski definition) is 0. The molecule has 0 aromatic carbocycles. The van der Waals surface area contributed by atoms with Crippen LogP contribution in [0, 0.1) is 0 Å². The normalized spacial score (nSPS) is 12.4. The van der Waals surface area contributed by atoms with Crippen LogP contribution in [0.3, 0.4) is 0 Å². The number of allylic oxidation sites excluding steroid dienone is 10. The van der Waals surface area contributed by atoms with Gasteiger partial charge in [0.25, 0.3) is 0 Å². The van der Waals surface area contributed by atoms with Crippen molar-refractivity contribution in [2.24, 2.45) is 0 Å². The first kappa shape index (κ1) is 74.1. The Morgan fingerprint density at radius 2 is 0.468 bits per heavy atom. The maximum absolute atomic E-state index is 12.9. The molecular weight excluding hydrogens is 949 g/mol. The number of hydrogen-bond acceptors (Lipinski definition) is 6. The summed E-state index contributed by atoms with van der Waals surface area (Å²) in [5.41, 5.74) is 0. The molecule has 6 nitrogen and oxygen atoms in total. The molecule has 0 aliphatic heterocycles. The van der Waals surface area contributed by atoms with E-state index in [0.717, 1.165) is 83.5 Å². The Morgan fingerprint density at radius 3 is 0.727 bits per heavy atom. The lowest BCUT2D eigenvalue weighted by molar-refractivity contribution is -0.167. The molecule has 0 rings (SSSR count). The summed E-state index contributed by atoms with van der Waals surface area (Å²) < 4.78 is 17.0. The van der Waals surface area contributed by atoms with E-state index < -0.39 is 6.10 Å². The predicted molar refractivity (Wildman–Crippen MR) is 335 cm³/mol. The van der Waals surface area contributed by atoms with E-state index in [1.54, 1.807) is 0 Å². The zero-order valence-electron chi connectivity index (χ0n) is 51.5. The second-order valence-electron chi connectivity index (χ2n) is 22.7. The van der Waals surface area contributed by atoms with E-state index in [2.05, 4.69) is 81.5 Å². The fourth-order valence-electron chi connectivity index (χ4n) is 9.89. The highest BCUT2D eigenvalue weighted by molar-refractivity contribution is 5.71. The first-order valence-corrected chi connectivity index (χ1v) is 33.8. The molecule has 0 aliphatic carbocycles. The molecule has 0 aromatic rings. The molecule has 1 unspecified atom stereocenters. The van der Waals surface area contributed by atoms with E-state index in [0.29, 0.717) is 19.3 Å². The second kappa shape index (κ2) is 65.6. The van der Waals surface area contributed by atoms with Crippen molar-refractivity contribution in [2.45, 2.75) is 361 Å². The Hall–Kier alpha value is -2.89. The third-order valence-corrected chi connectivity index (χ3v) is 15.0. The van der Waals surface area contributed by atoms with Gasteiger partial charge in [0.05, 0.1) is 0 Å². The highest BCUT2D eigenvalue weighted by Crippen LogP contribution is 2.17. The third-order valence-electron chi connectivity index (χ3n) is 15.0. The molecule has 0 aromatic heterocycles.